The van der Waals surface area contributed by atoms with Crippen LogP contribution in [0.5, 0.6) is 0 Å². The Bertz CT molecular complexity index is 989. The van der Waals surface area contributed by atoms with Crippen LogP contribution in [0.1, 0.15) is 156 Å². The third kappa shape index (κ3) is 3.64. The predicted molar refractivity (Wildman–Crippen MR) is 168 cm³/mol. The third-order valence-corrected chi connectivity index (χ3v) is 16.9. The number of hydrogen-bond acceptors (Lipinski definition) is 2. The molecule has 40 heavy (non-hydrogen) atoms. The smallest absolute Gasteiger partial charge is 0.0467 e. The summed E-state index contributed by atoms with van der Waals surface area (Å²) in [4.78, 5) is 0. The van der Waals surface area contributed by atoms with Crippen molar-refractivity contribution in [2.45, 2.75) is 156 Å². The molecule has 2 nitrogen and oxygen atoms in total. The van der Waals surface area contributed by atoms with E-state index >= 15 is 0 Å². The van der Waals surface area contributed by atoms with Crippen molar-refractivity contribution in [3.05, 3.63) is 0 Å². The first-order chi connectivity index (χ1) is 19.3. The van der Waals surface area contributed by atoms with Crippen molar-refractivity contribution in [2.75, 3.05) is 0 Å². The lowest BCUT2D eigenvalue weighted by molar-refractivity contribution is -0.0938. The van der Waals surface area contributed by atoms with E-state index in [1.165, 1.54) is 140 Å². The summed E-state index contributed by atoms with van der Waals surface area (Å²) in [7, 11) is 0. The van der Waals surface area contributed by atoms with Crippen LogP contribution in [0, 0.1) is 69.0 Å². The summed E-state index contributed by atoms with van der Waals surface area (Å²) in [6.07, 6.45) is 29.0. The molecule has 8 rings (SSSR count). The van der Waals surface area contributed by atoms with E-state index in [9.17, 15) is 0 Å². The molecule has 8 fully saturated rings. The van der Waals surface area contributed by atoms with Crippen molar-refractivity contribution in [2.24, 2.45) is 79.2 Å². The van der Waals surface area contributed by atoms with Crippen LogP contribution in [-0.4, -0.2) is 11.4 Å². The van der Waals surface area contributed by atoms with Gasteiger partial charge in [0, 0.05) is 22.3 Å². The molecule has 0 spiro atoms. The second-order valence-corrected chi connectivity index (χ2v) is 17.9. The Hall–Kier alpha value is -0.660. The van der Waals surface area contributed by atoms with E-state index in [4.69, 9.17) is 10.2 Å². The third-order valence-electron chi connectivity index (χ3n) is 16.9. The molecular formula is C38H60N2. The fraction of sp³-hybridized carbons (Fsp3) is 0.947. The molecule has 0 aromatic heterocycles. The van der Waals surface area contributed by atoms with Gasteiger partial charge < -0.3 is 0 Å². The fourth-order valence-corrected chi connectivity index (χ4v) is 14.6. The average Bonchev–Trinajstić information content (AvgIpc) is 3.47. The van der Waals surface area contributed by atoms with Crippen LogP contribution >= 0.6 is 0 Å². The zero-order valence-corrected chi connectivity index (χ0v) is 26.7. The van der Waals surface area contributed by atoms with Crippen LogP contribution in [-0.2, 0) is 0 Å². The van der Waals surface area contributed by atoms with Gasteiger partial charge in [-0.2, -0.15) is 10.2 Å². The maximum Gasteiger partial charge on any atom is 0.0467 e. The first-order valence-electron chi connectivity index (χ1n) is 18.4. The molecule has 222 valence electrons. The van der Waals surface area contributed by atoms with Crippen LogP contribution in [0.15, 0.2) is 10.2 Å². The highest BCUT2D eigenvalue weighted by Gasteiger charge is 2.61. The van der Waals surface area contributed by atoms with Gasteiger partial charge in [0.1, 0.15) is 0 Å². The summed E-state index contributed by atoms with van der Waals surface area (Å²) in [6.45, 7) is 10.7. The maximum absolute atomic E-state index is 5.32. The van der Waals surface area contributed by atoms with E-state index < -0.39 is 0 Å². The standard InChI is InChI=1S/C38H60N2/c1-35-21-7-5-9-25(35)11-13-27-29-15-17-33(37(29,3)23-19-31(27)35)39-40-34-18-16-30-28-14-12-26-10-6-8-22-36(26,2)32(28)20-24-38(30,34)4/h25-32H,5-24H2,1-4H3/b39-33+,40-34+/t25-,26+,27-,28+,29-,30-,31-,32-,35+,36-,37+,38+/m1/s1. The zero-order chi connectivity index (χ0) is 27.3. The summed E-state index contributed by atoms with van der Waals surface area (Å²) in [5.41, 5.74) is 4.96. The van der Waals surface area contributed by atoms with Crippen LogP contribution in [0.3, 0.4) is 0 Å². The lowest BCUT2D eigenvalue weighted by atomic mass is 9.45. The van der Waals surface area contributed by atoms with Crippen LogP contribution in [0.2, 0.25) is 0 Å². The van der Waals surface area contributed by atoms with Crippen LogP contribution in [0.25, 0.3) is 0 Å². The summed E-state index contributed by atoms with van der Waals surface area (Å²) in [5.74, 6) is 7.68. The van der Waals surface area contributed by atoms with Crippen LogP contribution in [0.4, 0.5) is 0 Å². The number of hydrogen-bond donors (Lipinski definition) is 0. The molecule has 0 heterocycles. The van der Waals surface area contributed by atoms with E-state index in [0.29, 0.717) is 21.7 Å². The molecule has 0 N–H and O–H groups in total. The molecule has 0 radical (unpaired) electrons. The minimum Gasteiger partial charge on any atom is -0.160 e. The monoisotopic (exact) mass is 544 g/mol. The molecule has 0 unspecified atom stereocenters. The van der Waals surface area contributed by atoms with E-state index in [0.717, 1.165) is 47.3 Å². The average molecular weight is 545 g/mol. The van der Waals surface area contributed by atoms with Crippen molar-refractivity contribution in [1.82, 2.24) is 0 Å². The molecule has 0 saturated heterocycles. The van der Waals surface area contributed by atoms with E-state index in [1.54, 1.807) is 0 Å². The summed E-state index contributed by atoms with van der Waals surface area (Å²) in [6, 6.07) is 0. The number of fused-ring (bicyclic) bond motifs is 10. The van der Waals surface area contributed by atoms with E-state index in [2.05, 4.69) is 27.7 Å². The fourth-order valence-electron chi connectivity index (χ4n) is 14.6. The van der Waals surface area contributed by atoms with Crippen molar-refractivity contribution >= 4 is 11.4 Å². The van der Waals surface area contributed by atoms with Gasteiger partial charge in [0.05, 0.1) is 0 Å². The van der Waals surface area contributed by atoms with Gasteiger partial charge in [-0.25, -0.2) is 0 Å². The van der Waals surface area contributed by atoms with Gasteiger partial charge in [0.2, 0.25) is 0 Å². The quantitative estimate of drug-likeness (QED) is 0.293. The zero-order valence-electron chi connectivity index (χ0n) is 26.7. The Kier molecular flexibility index (Phi) is 6.34. The largest absolute Gasteiger partial charge is 0.160 e. The minimum absolute atomic E-state index is 0.327. The maximum atomic E-state index is 5.32. The molecule has 8 aliphatic carbocycles. The van der Waals surface area contributed by atoms with Crippen molar-refractivity contribution in [1.29, 1.82) is 0 Å². The Morgan fingerprint density at radius 3 is 1.35 bits per heavy atom. The van der Waals surface area contributed by atoms with Gasteiger partial charge in [0.25, 0.3) is 0 Å². The highest BCUT2D eigenvalue weighted by atomic mass is 15.2. The van der Waals surface area contributed by atoms with E-state index in [1.807, 2.05) is 0 Å². The SMILES string of the molecule is C[C@]12CCCC[C@@H]1CC[C@H]1[C@H]2CC[C@]2(C)/C(=N/N=C3\CC[C@@H]4[C@@H]5CC[C@@H]6CCCC[C@@]6(C)[C@@H]5CC[C@]34C)CC[C@H]12. The Morgan fingerprint density at radius 1 is 0.450 bits per heavy atom. The van der Waals surface area contributed by atoms with Gasteiger partial charge in [-0.3, -0.25) is 0 Å². The van der Waals surface area contributed by atoms with Crippen LogP contribution < -0.4 is 0 Å². The van der Waals surface area contributed by atoms with Gasteiger partial charge in [-0.15, -0.1) is 0 Å². The molecule has 0 aromatic carbocycles. The molecule has 2 heteroatoms. The Labute approximate surface area is 246 Å². The number of rotatable bonds is 1. The Balaban J connectivity index is 1.02. The molecule has 8 saturated carbocycles. The normalized spacial score (nSPS) is 57.5. The highest BCUT2D eigenvalue weighted by Crippen LogP contribution is 2.67. The first-order valence-corrected chi connectivity index (χ1v) is 18.4. The molecular weight excluding hydrogens is 484 g/mol. The first kappa shape index (κ1) is 26.9. The van der Waals surface area contributed by atoms with Gasteiger partial charge in [-0.1, -0.05) is 53.4 Å². The predicted octanol–water partition coefficient (Wildman–Crippen LogP) is 10.6. The summed E-state index contributed by atoms with van der Waals surface area (Å²) < 4.78 is 0. The summed E-state index contributed by atoms with van der Waals surface area (Å²) in [5, 5.41) is 10.6. The second kappa shape index (κ2) is 9.42. The molecule has 8 aliphatic rings. The van der Waals surface area contributed by atoms with Crippen molar-refractivity contribution in [3.8, 4) is 0 Å². The van der Waals surface area contributed by atoms with Gasteiger partial charge >= 0.3 is 0 Å². The van der Waals surface area contributed by atoms with Crippen molar-refractivity contribution < 1.29 is 0 Å². The van der Waals surface area contributed by atoms with Crippen molar-refractivity contribution in [3.63, 3.8) is 0 Å². The molecule has 0 amide bonds. The topological polar surface area (TPSA) is 24.7 Å². The second-order valence-electron chi connectivity index (χ2n) is 17.9. The van der Waals surface area contributed by atoms with Gasteiger partial charge in [-0.05, 0) is 161 Å². The summed E-state index contributed by atoms with van der Waals surface area (Å²) >= 11 is 0. The van der Waals surface area contributed by atoms with E-state index in [-0.39, 0.29) is 0 Å². The molecule has 0 aromatic rings. The molecule has 12 atom stereocenters. The molecule has 0 bridgehead atoms. The minimum atomic E-state index is 0.327. The Morgan fingerprint density at radius 2 is 0.900 bits per heavy atom. The van der Waals surface area contributed by atoms with Gasteiger partial charge in [0.15, 0.2) is 0 Å². The number of nitrogens with zero attached hydrogens (tertiary/aromatic N) is 2. The lowest BCUT2D eigenvalue weighted by Crippen LogP contribution is -2.53. The molecule has 0 aliphatic heterocycles. The highest BCUT2D eigenvalue weighted by molar-refractivity contribution is 5.95. The lowest BCUT2D eigenvalue weighted by Gasteiger charge is -2.60.